The lowest BCUT2D eigenvalue weighted by atomic mass is 10.0. The van der Waals surface area contributed by atoms with Crippen LogP contribution in [0.1, 0.15) is 36.5 Å². The van der Waals surface area contributed by atoms with E-state index in [4.69, 9.17) is 0 Å². The summed E-state index contributed by atoms with van der Waals surface area (Å²) >= 11 is 0. The molecule has 1 heterocycles. The van der Waals surface area contributed by atoms with Crippen molar-refractivity contribution in [3.8, 4) is 0 Å². The highest BCUT2D eigenvalue weighted by atomic mass is 16.2. The lowest BCUT2D eigenvalue weighted by Gasteiger charge is -2.15. The van der Waals surface area contributed by atoms with Gasteiger partial charge in [-0.2, -0.15) is 0 Å². The van der Waals surface area contributed by atoms with Crippen LogP contribution in [-0.2, 0) is 4.79 Å². The number of rotatable bonds is 4. The van der Waals surface area contributed by atoms with Crippen LogP contribution in [0.15, 0.2) is 24.3 Å². The molecule has 2 fully saturated rings. The number of hydrogen-bond acceptors (Lipinski definition) is 3. The van der Waals surface area contributed by atoms with Crippen LogP contribution in [0.4, 0.5) is 5.69 Å². The predicted octanol–water partition coefficient (Wildman–Crippen LogP) is 1.52. The molecule has 1 saturated carbocycles. The fraction of sp³-hybridized carbons (Fsp3) is 0.500. The Hall–Kier alpha value is -1.88. The van der Waals surface area contributed by atoms with E-state index in [1.165, 1.54) is 0 Å². The lowest BCUT2D eigenvalue weighted by Crippen LogP contribution is -2.32. The monoisotopic (exact) mass is 287 g/mol. The summed E-state index contributed by atoms with van der Waals surface area (Å²) in [6, 6.07) is 7.65. The number of carbonyl (C=O) groups is 2. The van der Waals surface area contributed by atoms with Crippen LogP contribution in [-0.4, -0.2) is 30.4 Å². The maximum absolute atomic E-state index is 12.2. The first-order valence-corrected chi connectivity index (χ1v) is 7.58. The van der Waals surface area contributed by atoms with Gasteiger partial charge < -0.3 is 16.0 Å². The molecule has 2 aliphatic rings. The molecule has 2 unspecified atom stereocenters. The number of nitrogens with one attached hydrogen (secondary N) is 3. The fourth-order valence-electron chi connectivity index (χ4n) is 2.65. The third-order valence-electron chi connectivity index (χ3n) is 4.19. The predicted molar refractivity (Wildman–Crippen MR) is 81.1 cm³/mol. The standard InChI is InChI=1S/C16H21N3O2/c1-10-14(8-9-17-10)16(21)19-12-4-2-11(3-5-12)15(20)18-13-6-7-13/h2-5,10,13-14,17H,6-9H2,1H3,(H,18,20)(H,19,21). The molecule has 1 saturated heterocycles. The van der Waals surface area contributed by atoms with Crippen molar-refractivity contribution in [2.75, 3.05) is 11.9 Å². The third-order valence-corrected chi connectivity index (χ3v) is 4.19. The van der Waals surface area contributed by atoms with Gasteiger partial charge in [0.05, 0.1) is 5.92 Å². The van der Waals surface area contributed by atoms with E-state index in [0.29, 0.717) is 11.6 Å². The fourth-order valence-corrected chi connectivity index (χ4v) is 2.65. The van der Waals surface area contributed by atoms with Gasteiger partial charge in [0, 0.05) is 23.3 Å². The Bertz CT molecular complexity index is 537. The van der Waals surface area contributed by atoms with Gasteiger partial charge in [-0.05, 0) is 57.0 Å². The first kappa shape index (κ1) is 14.1. The topological polar surface area (TPSA) is 70.2 Å². The van der Waals surface area contributed by atoms with Crippen molar-refractivity contribution in [2.24, 2.45) is 5.92 Å². The highest BCUT2D eigenvalue weighted by Gasteiger charge is 2.29. The Kier molecular flexibility index (Phi) is 3.92. The van der Waals surface area contributed by atoms with Gasteiger partial charge in [-0.3, -0.25) is 9.59 Å². The van der Waals surface area contributed by atoms with E-state index in [1.807, 2.05) is 6.92 Å². The van der Waals surface area contributed by atoms with Crippen molar-refractivity contribution in [1.29, 1.82) is 0 Å². The summed E-state index contributed by atoms with van der Waals surface area (Å²) < 4.78 is 0. The number of carbonyl (C=O) groups excluding carboxylic acids is 2. The summed E-state index contributed by atoms with van der Waals surface area (Å²) in [4.78, 5) is 24.0. The molecule has 0 aromatic heterocycles. The molecule has 2 amide bonds. The molecule has 3 N–H and O–H groups in total. The van der Waals surface area contributed by atoms with Crippen LogP contribution in [0, 0.1) is 5.92 Å². The molecule has 21 heavy (non-hydrogen) atoms. The van der Waals surface area contributed by atoms with Crippen LogP contribution >= 0.6 is 0 Å². The Balaban J connectivity index is 1.58. The summed E-state index contributed by atoms with van der Waals surface area (Å²) in [6.45, 7) is 2.92. The first-order chi connectivity index (χ1) is 10.1. The van der Waals surface area contributed by atoms with Crippen LogP contribution in [0.5, 0.6) is 0 Å². The molecular weight excluding hydrogens is 266 g/mol. The van der Waals surface area contributed by atoms with Crippen LogP contribution in [0.3, 0.4) is 0 Å². The van der Waals surface area contributed by atoms with E-state index in [-0.39, 0.29) is 23.8 Å². The Morgan fingerprint density at radius 2 is 1.86 bits per heavy atom. The van der Waals surface area contributed by atoms with E-state index in [9.17, 15) is 9.59 Å². The molecule has 5 nitrogen and oxygen atoms in total. The molecule has 1 aliphatic heterocycles. The molecule has 1 aromatic carbocycles. The quantitative estimate of drug-likeness (QED) is 0.786. The van der Waals surface area contributed by atoms with Gasteiger partial charge in [0.1, 0.15) is 0 Å². The molecule has 3 rings (SSSR count). The summed E-state index contributed by atoms with van der Waals surface area (Å²) in [5.41, 5.74) is 1.37. The minimum atomic E-state index is -0.0380. The molecule has 2 atom stereocenters. The maximum Gasteiger partial charge on any atom is 0.251 e. The smallest absolute Gasteiger partial charge is 0.251 e. The molecule has 1 aliphatic carbocycles. The zero-order chi connectivity index (χ0) is 14.8. The summed E-state index contributed by atoms with van der Waals surface area (Å²) in [7, 11) is 0. The van der Waals surface area contributed by atoms with Crippen molar-refractivity contribution in [3.63, 3.8) is 0 Å². The van der Waals surface area contributed by atoms with Crippen LogP contribution in [0.2, 0.25) is 0 Å². The van der Waals surface area contributed by atoms with Gasteiger partial charge in [-0.1, -0.05) is 0 Å². The van der Waals surface area contributed by atoms with Crippen molar-refractivity contribution in [2.45, 2.75) is 38.3 Å². The normalized spacial score (nSPS) is 24.6. The molecule has 1 aromatic rings. The van der Waals surface area contributed by atoms with Gasteiger partial charge in [0.2, 0.25) is 5.91 Å². The summed E-state index contributed by atoms with van der Waals surface area (Å²) in [5.74, 6) is 0.0227. The molecular formula is C16H21N3O2. The van der Waals surface area contributed by atoms with Gasteiger partial charge in [-0.15, -0.1) is 0 Å². The van der Waals surface area contributed by atoms with E-state index in [2.05, 4.69) is 16.0 Å². The molecule has 0 spiro atoms. The largest absolute Gasteiger partial charge is 0.349 e. The van der Waals surface area contributed by atoms with Gasteiger partial charge in [0.15, 0.2) is 0 Å². The van der Waals surface area contributed by atoms with E-state index < -0.39 is 0 Å². The Labute approximate surface area is 124 Å². The maximum atomic E-state index is 12.2. The number of amides is 2. The third kappa shape index (κ3) is 3.42. The van der Waals surface area contributed by atoms with Crippen molar-refractivity contribution in [1.82, 2.24) is 10.6 Å². The second-order valence-electron chi connectivity index (χ2n) is 5.95. The minimum Gasteiger partial charge on any atom is -0.349 e. The molecule has 112 valence electrons. The minimum absolute atomic E-state index is 0.0165. The van der Waals surface area contributed by atoms with Crippen molar-refractivity contribution >= 4 is 17.5 Å². The average molecular weight is 287 g/mol. The Morgan fingerprint density at radius 3 is 2.43 bits per heavy atom. The van der Waals surface area contributed by atoms with E-state index in [0.717, 1.165) is 31.5 Å². The second kappa shape index (κ2) is 5.85. The van der Waals surface area contributed by atoms with Gasteiger partial charge in [-0.25, -0.2) is 0 Å². The highest BCUT2D eigenvalue weighted by molar-refractivity contribution is 5.96. The molecule has 0 bridgehead atoms. The highest BCUT2D eigenvalue weighted by Crippen LogP contribution is 2.20. The summed E-state index contributed by atoms with van der Waals surface area (Å²) in [5, 5.41) is 9.14. The van der Waals surface area contributed by atoms with Crippen LogP contribution in [0.25, 0.3) is 0 Å². The van der Waals surface area contributed by atoms with Crippen molar-refractivity contribution in [3.05, 3.63) is 29.8 Å². The van der Waals surface area contributed by atoms with E-state index in [1.54, 1.807) is 24.3 Å². The zero-order valence-electron chi connectivity index (χ0n) is 12.2. The lowest BCUT2D eigenvalue weighted by molar-refractivity contribution is -0.120. The van der Waals surface area contributed by atoms with Crippen LogP contribution < -0.4 is 16.0 Å². The van der Waals surface area contributed by atoms with Gasteiger partial charge >= 0.3 is 0 Å². The second-order valence-corrected chi connectivity index (χ2v) is 5.95. The number of benzene rings is 1. The molecule has 5 heteroatoms. The van der Waals surface area contributed by atoms with E-state index >= 15 is 0 Å². The number of hydrogen-bond donors (Lipinski definition) is 3. The summed E-state index contributed by atoms with van der Waals surface area (Å²) in [6.07, 6.45) is 3.02. The number of anilines is 1. The zero-order valence-corrected chi connectivity index (χ0v) is 12.2. The first-order valence-electron chi connectivity index (χ1n) is 7.58. The van der Waals surface area contributed by atoms with Gasteiger partial charge in [0.25, 0.3) is 5.91 Å². The van der Waals surface area contributed by atoms with Crippen molar-refractivity contribution < 1.29 is 9.59 Å². The Morgan fingerprint density at radius 1 is 1.14 bits per heavy atom. The molecule has 0 radical (unpaired) electrons. The SMILES string of the molecule is CC1NCCC1C(=O)Nc1ccc(C(=O)NC2CC2)cc1. The average Bonchev–Trinajstić information content (AvgIpc) is 3.18.